The third-order valence-corrected chi connectivity index (χ3v) is 1.96. The van der Waals surface area contributed by atoms with Gasteiger partial charge in [-0.15, -0.1) is 0 Å². The number of ether oxygens (including phenoxy) is 2. The van der Waals surface area contributed by atoms with Crippen molar-refractivity contribution in [1.29, 1.82) is 0 Å². The first kappa shape index (κ1) is 16.2. The van der Waals surface area contributed by atoms with Gasteiger partial charge >= 0.3 is 11.9 Å². The second kappa shape index (κ2) is 9.26. The predicted molar refractivity (Wildman–Crippen MR) is 61.0 cm³/mol. The maximum absolute atomic E-state index is 11.2. The van der Waals surface area contributed by atoms with Gasteiger partial charge in [-0.05, 0) is 6.42 Å². The summed E-state index contributed by atoms with van der Waals surface area (Å²) in [6.07, 6.45) is -2.23. The number of rotatable bonds is 8. The van der Waals surface area contributed by atoms with Gasteiger partial charge in [0.25, 0.3) is 6.29 Å². The number of aliphatic hydroxyl groups is 2. The van der Waals surface area contributed by atoms with Crippen molar-refractivity contribution in [2.24, 2.45) is 0 Å². The van der Waals surface area contributed by atoms with Gasteiger partial charge in [0.2, 0.25) is 0 Å². The molecule has 2 N–H and O–H groups in total. The molecule has 2 unspecified atom stereocenters. The van der Waals surface area contributed by atoms with Crippen LogP contribution in [0.5, 0.6) is 0 Å². The van der Waals surface area contributed by atoms with Crippen LogP contribution in [0.3, 0.4) is 0 Å². The van der Waals surface area contributed by atoms with Crippen LogP contribution in [0.15, 0.2) is 0 Å². The minimum absolute atomic E-state index is 0.0185. The Balaban J connectivity index is 4.33. The first-order chi connectivity index (χ1) is 8.04. The van der Waals surface area contributed by atoms with Gasteiger partial charge in [0.05, 0.1) is 13.0 Å². The minimum atomic E-state index is -1.48. The average Bonchev–Trinajstić information content (AvgIpc) is 2.27. The summed E-state index contributed by atoms with van der Waals surface area (Å²) >= 11 is 4.58. The van der Waals surface area contributed by atoms with E-state index in [2.05, 4.69) is 12.6 Å². The lowest BCUT2D eigenvalue weighted by Gasteiger charge is -2.21. The predicted octanol–water partition coefficient (Wildman–Crippen LogP) is 0.140. The fraction of sp³-hybridized carbons (Fsp3) is 0.800. The van der Waals surface area contributed by atoms with Crippen molar-refractivity contribution in [2.45, 2.75) is 38.6 Å². The Labute approximate surface area is 105 Å². The van der Waals surface area contributed by atoms with Crippen molar-refractivity contribution in [3.8, 4) is 0 Å². The van der Waals surface area contributed by atoms with E-state index < -0.39 is 30.9 Å². The standard InChI is InChI=1S/C10H17O6S/c1-2-3-8(13)15-10(7(12)6-11)16-9(14)4-5-17/h7,10-12H,2-6H2,1H3. The smallest absolute Gasteiger partial charge is 0.309 e. The largest absolute Gasteiger partial charge is 0.422 e. The van der Waals surface area contributed by atoms with Crippen LogP contribution in [0, 0.1) is 0 Å². The van der Waals surface area contributed by atoms with E-state index in [9.17, 15) is 14.7 Å². The summed E-state index contributed by atoms with van der Waals surface area (Å²) in [5.74, 6) is -1.11. The minimum Gasteiger partial charge on any atom is -0.422 e. The molecular weight excluding hydrogens is 248 g/mol. The first-order valence-corrected chi connectivity index (χ1v) is 5.88. The molecule has 0 saturated carbocycles. The van der Waals surface area contributed by atoms with Gasteiger partial charge in [-0.3, -0.25) is 9.59 Å². The molecule has 2 atom stereocenters. The van der Waals surface area contributed by atoms with Crippen LogP contribution in [0.1, 0.15) is 26.2 Å². The lowest BCUT2D eigenvalue weighted by Crippen LogP contribution is -2.38. The maximum atomic E-state index is 11.2. The third kappa shape index (κ3) is 7.19. The van der Waals surface area contributed by atoms with Crippen LogP contribution in [-0.2, 0) is 19.1 Å². The Hall–Kier alpha value is -0.790. The summed E-state index contributed by atoms with van der Waals surface area (Å²) in [5, 5.41) is 18.1. The molecule has 0 amide bonds. The topological polar surface area (TPSA) is 93.1 Å². The zero-order valence-corrected chi connectivity index (χ0v) is 10.4. The van der Waals surface area contributed by atoms with Crippen molar-refractivity contribution in [1.82, 2.24) is 0 Å². The van der Waals surface area contributed by atoms with Crippen LogP contribution >= 0.6 is 12.6 Å². The Kier molecular flexibility index (Phi) is 8.83. The highest BCUT2D eigenvalue weighted by Crippen LogP contribution is 2.06. The molecule has 0 aromatic rings. The zero-order valence-electron chi connectivity index (χ0n) is 9.63. The molecule has 0 rings (SSSR count). The number of carbonyl (C=O) groups excluding carboxylic acids is 2. The second-order valence-electron chi connectivity index (χ2n) is 3.30. The Morgan fingerprint density at radius 1 is 1.24 bits per heavy atom. The fourth-order valence-corrected chi connectivity index (χ4v) is 1.10. The van der Waals surface area contributed by atoms with Gasteiger partial charge in [-0.25, -0.2) is 0 Å². The molecular formula is C10H17O6S. The molecule has 0 aliphatic rings. The number of carbonyl (C=O) groups is 2. The van der Waals surface area contributed by atoms with Crippen molar-refractivity contribution in [2.75, 3.05) is 12.4 Å². The molecule has 17 heavy (non-hydrogen) atoms. The van der Waals surface area contributed by atoms with Gasteiger partial charge in [0, 0.05) is 12.2 Å². The van der Waals surface area contributed by atoms with Gasteiger partial charge < -0.3 is 19.7 Å². The molecule has 0 aliphatic carbocycles. The zero-order chi connectivity index (χ0) is 13.3. The lowest BCUT2D eigenvalue weighted by molar-refractivity contribution is -0.210. The maximum Gasteiger partial charge on any atom is 0.309 e. The molecule has 0 aromatic carbocycles. The summed E-state index contributed by atoms with van der Waals surface area (Å²) in [5.41, 5.74) is 0. The quantitative estimate of drug-likeness (QED) is 0.479. The summed E-state index contributed by atoms with van der Waals surface area (Å²) in [4.78, 5) is 22.3. The lowest BCUT2D eigenvalue weighted by atomic mass is 10.3. The van der Waals surface area contributed by atoms with Crippen molar-refractivity contribution < 1.29 is 29.3 Å². The third-order valence-electron chi connectivity index (χ3n) is 1.76. The normalized spacial score (nSPS) is 13.9. The van der Waals surface area contributed by atoms with Crippen molar-refractivity contribution in [3.05, 3.63) is 0 Å². The van der Waals surface area contributed by atoms with Crippen molar-refractivity contribution >= 4 is 24.6 Å². The van der Waals surface area contributed by atoms with Gasteiger partial charge in [0.1, 0.15) is 0 Å². The van der Waals surface area contributed by atoms with E-state index in [-0.39, 0.29) is 18.6 Å². The van der Waals surface area contributed by atoms with Crippen LogP contribution < -0.4 is 0 Å². The van der Waals surface area contributed by atoms with Crippen LogP contribution in [0.4, 0.5) is 0 Å². The molecule has 99 valence electrons. The van der Waals surface area contributed by atoms with Gasteiger partial charge in [-0.1, -0.05) is 19.6 Å². The molecule has 1 radical (unpaired) electrons. The summed E-state index contributed by atoms with van der Waals surface area (Å²) in [7, 11) is 0. The summed E-state index contributed by atoms with van der Waals surface area (Å²) in [6, 6.07) is 0. The van der Waals surface area contributed by atoms with E-state index in [1.165, 1.54) is 0 Å². The average molecular weight is 265 g/mol. The number of esters is 2. The number of aliphatic hydroxyl groups excluding tert-OH is 2. The monoisotopic (exact) mass is 265 g/mol. The van der Waals surface area contributed by atoms with E-state index in [1.807, 2.05) is 0 Å². The van der Waals surface area contributed by atoms with E-state index in [1.54, 1.807) is 6.92 Å². The van der Waals surface area contributed by atoms with Crippen LogP contribution in [-0.4, -0.2) is 46.9 Å². The van der Waals surface area contributed by atoms with Gasteiger partial charge in [0.15, 0.2) is 6.10 Å². The molecule has 0 heterocycles. The highest BCUT2D eigenvalue weighted by atomic mass is 32.1. The number of hydrogen-bond acceptors (Lipinski definition) is 6. The molecule has 0 aromatic heterocycles. The van der Waals surface area contributed by atoms with E-state index in [4.69, 9.17) is 14.6 Å². The second-order valence-corrected chi connectivity index (χ2v) is 3.71. The molecule has 0 spiro atoms. The number of hydrogen-bond donors (Lipinski definition) is 2. The molecule has 0 aliphatic heterocycles. The first-order valence-electron chi connectivity index (χ1n) is 5.31. The summed E-state index contributed by atoms with van der Waals surface area (Å²) in [6.45, 7) is 1.10. The molecule has 7 heteroatoms. The highest BCUT2D eigenvalue weighted by Gasteiger charge is 2.26. The fourth-order valence-electron chi connectivity index (χ4n) is 0.932. The van der Waals surface area contributed by atoms with E-state index >= 15 is 0 Å². The van der Waals surface area contributed by atoms with Crippen LogP contribution in [0.25, 0.3) is 0 Å². The Morgan fingerprint density at radius 2 is 1.76 bits per heavy atom. The highest BCUT2D eigenvalue weighted by molar-refractivity contribution is 7.80. The van der Waals surface area contributed by atoms with E-state index in [0.717, 1.165) is 0 Å². The van der Waals surface area contributed by atoms with Crippen LogP contribution in [0.2, 0.25) is 0 Å². The molecule has 0 bridgehead atoms. The molecule has 6 nitrogen and oxygen atoms in total. The summed E-state index contributed by atoms with van der Waals surface area (Å²) < 4.78 is 9.44. The van der Waals surface area contributed by atoms with Crippen molar-refractivity contribution in [3.63, 3.8) is 0 Å². The van der Waals surface area contributed by atoms with E-state index in [0.29, 0.717) is 6.42 Å². The Bertz CT molecular complexity index is 225. The molecule has 0 saturated heterocycles. The SMILES string of the molecule is CCCC(=O)OC(OC(=O)CC[S])C(O)CO. The molecule has 0 fully saturated rings. The Morgan fingerprint density at radius 3 is 2.18 bits per heavy atom. The van der Waals surface area contributed by atoms with Gasteiger partial charge in [-0.2, -0.15) is 0 Å².